The first kappa shape index (κ1) is 27.9. The Hall–Kier alpha value is -2.60. The summed E-state index contributed by atoms with van der Waals surface area (Å²) in [4.78, 5) is 22.4. The summed E-state index contributed by atoms with van der Waals surface area (Å²) in [5.41, 5.74) is 4.14. The lowest BCUT2D eigenvalue weighted by atomic mass is 10.1. The van der Waals surface area contributed by atoms with E-state index in [-0.39, 0.29) is 12.5 Å². The van der Waals surface area contributed by atoms with E-state index in [0.717, 1.165) is 55.9 Å². The molecule has 2 aliphatic rings. The van der Waals surface area contributed by atoms with E-state index in [0.29, 0.717) is 21.4 Å². The van der Waals surface area contributed by atoms with Gasteiger partial charge in [-0.05, 0) is 105 Å². The smallest absolute Gasteiger partial charge is 0.266 e. The number of aliphatic imine (C=N–C) groups is 1. The summed E-state index contributed by atoms with van der Waals surface area (Å²) in [7, 11) is 1.74. The lowest BCUT2D eigenvalue weighted by Gasteiger charge is -2.28. The second-order valence-electron chi connectivity index (χ2n) is 8.85. The molecule has 10 heteroatoms. The van der Waals surface area contributed by atoms with Gasteiger partial charge in [-0.2, -0.15) is 5.26 Å². The van der Waals surface area contributed by atoms with Gasteiger partial charge < -0.3 is 14.4 Å². The van der Waals surface area contributed by atoms with Gasteiger partial charge in [0.15, 0.2) is 5.17 Å². The van der Waals surface area contributed by atoms with Crippen LogP contribution in [0.3, 0.4) is 0 Å². The largest absolute Gasteiger partial charge is 0.487 e. The minimum absolute atomic E-state index is 0.113. The number of halogens is 2. The van der Waals surface area contributed by atoms with Gasteiger partial charge in [-0.15, -0.1) is 0 Å². The molecule has 0 spiro atoms. The Balaban J connectivity index is 1.38. The number of benzene rings is 3. The topological polar surface area (TPSA) is 78.2 Å². The van der Waals surface area contributed by atoms with Crippen LogP contribution in [0.1, 0.15) is 16.7 Å². The second-order valence-corrected chi connectivity index (χ2v) is 12.3. The molecule has 5 rings (SSSR count). The molecule has 7 nitrogen and oxygen atoms in total. The van der Waals surface area contributed by atoms with Crippen LogP contribution in [0, 0.1) is 18.5 Å². The van der Waals surface area contributed by atoms with Crippen molar-refractivity contribution in [1.29, 1.82) is 5.26 Å². The number of carbonyl (C=O) groups is 1. The summed E-state index contributed by atoms with van der Waals surface area (Å²) in [6.07, 6.45) is 1.86. The molecule has 0 unspecified atom stereocenters. The van der Waals surface area contributed by atoms with Crippen LogP contribution in [0.15, 0.2) is 70.6 Å². The molecule has 0 saturated carbocycles. The van der Waals surface area contributed by atoms with Crippen LogP contribution in [0.2, 0.25) is 0 Å². The highest BCUT2D eigenvalue weighted by atomic mass is 127. The number of thioether (sulfide) groups is 1. The highest BCUT2D eigenvalue weighted by Crippen LogP contribution is 2.37. The third-order valence-electron chi connectivity index (χ3n) is 6.29. The van der Waals surface area contributed by atoms with Gasteiger partial charge in [0.25, 0.3) is 5.91 Å². The zero-order valence-corrected chi connectivity index (χ0v) is 26.2. The maximum absolute atomic E-state index is 13.2. The van der Waals surface area contributed by atoms with Crippen molar-refractivity contribution >= 4 is 85.5 Å². The summed E-state index contributed by atoms with van der Waals surface area (Å²) < 4.78 is 13.6. The van der Waals surface area contributed by atoms with Crippen molar-refractivity contribution < 1.29 is 14.3 Å². The molecule has 2 fully saturated rings. The van der Waals surface area contributed by atoms with Gasteiger partial charge in [0.1, 0.15) is 12.4 Å². The Morgan fingerprint density at radius 2 is 1.87 bits per heavy atom. The maximum Gasteiger partial charge on any atom is 0.266 e. The van der Waals surface area contributed by atoms with Gasteiger partial charge in [-0.25, -0.2) is 4.99 Å². The highest BCUT2D eigenvalue weighted by molar-refractivity contribution is 14.1. The number of nitrogens with zero attached hydrogens (tertiary/aromatic N) is 4. The van der Waals surface area contributed by atoms with Gasteiger partial charge >= 0.3 is 0 Å². The average molecular weight is 762 g/mol. The first-order valence-corrected chi connectivity index (χ1v) is 15.2. The quantitative estimate of drug-likeness (QED) is 0.213. The fraction of sp³-hybridized carbons (Fsp3) is 0.207. The predicted octanol–water partition coefficient (Wildman–Crippen LogP) is 6.42. The van der Waals surface area contributed by atoms with Crippen molar-refractivity contribution in [3.05, 3.63) is 89.4 Å². The van der Waals surface area contributed by atoms with Crippen molar-refractivity contribution in [2.24, 2.45) is 4.99 Å². The predicted molar refractivity (Wildman–Crippen MR) is 172 cm³/mol. The standard InChI is InChI=1S/C29H24I2N4O3S/c1-34-28(36)26(39-29(34)33-23-6-8-24(9-7-23)35-10-12-37-13-11-35)15-21-14-22(30)16-25(31)27(21)38-18-20-5-3-2-4-19(20)17-32/h2-9,14-16H,10-13,18H2,1H3/b26-15-,33-29?. The number of morpholine rings is 1. The lowest BCUT2D eigenvalue weighted by molar-refractivity contribution is -0.121. The molecule has 0 bridgehead atoms. The molecule has 1 amide bonds. The van der Waals surface area contributed by atoms with Gasteiger partial charge in [0.05, 0.1) is 39.0 Å². The molecule has 0 atom stereocenters. The van der Waals surface area contributed by atoms with Crippen LogP contribution in [-0.4, -0.2) is 49.3 Å². The summed E-state index contributed by atoms with van der Waals surface area (Å²) in [6, 6.07) is 21.7. The van der Waals surface area contributed by atoms with Gasteiger partial charge in [-0.3, -0.25) is 9.69 Å². The molecular formula is C29H24I2N4O3S. The highest BCUT2D eigenvalue weighted by Gasteiger charge is 2.31. The monoisotopic (exact) mass is 762 g/mol. The lowest BCUT2D eigenvalue weighted by Crippen LogP contribution is -2.36. The number of ether oxygens (including phenoxy) is 2. The number of rotatable bonds is 6. The number of likely N-dealkylation sites (N-methyl/N-ethyl adjacent to an activating group) is 1. The van der Waals surface area contributed by atoms with E-state index in [1.54, 1.807) is 18.0 Å². The van der Waals surface area contributed by atoms with E-state index in [4.69, 9.17) is 14.5 Å². The van der Waals surface area contributed by atoms with E-state index in [1.807, 2.05) is 48.5 Å². The fourth-order valence-electron chi connectivity index (χ4n) is 4.21. The molecule has 0 aliphatic carbocycles. The Kier molecular flexibility index (Phi) is 9.11. The fourth-order valence-corrected chi connectivity index (χ4v) is 7.23. The molecule has 39 heavy (non-hydrogen) atoms. The maximum atomic E-state index is 13.2. The molecular weight excluding hydrogens is 738 g/mol. The number of hydrogen-bond donors (Lipinski definition) is 0. The Morgan fingerprint density at radius 3 is 2.62 bits per heavy atom. The Morgan fingerprint density at radius 1 is 1.13 bits per heavy atom. The summed E-state index contributed by atoms with van der Waals surface area (Å²) in [6.45, 7) is 3.49. The average Bonchev–Trinajstić information content (AvgIpc) is 3.21. The molecule has 3 aromatic rings. The number of carbonyl (C=O) groups excluding carboxylic acids is 1. The summed E-state index contributed by atoms with van der Waals surface area (Å²) >= 11 is 5.86. The minimum atomic E-state index is -0.113. The number of hydrogen-bond acceptors (Lipinski definition) is 7. The van der Waals surface area contributed by atoms with Gasteiger partial charge in [0.2, 0.25) is 0 Å². The van der Waals surface area contributed by atoms with E-state index in [1.165, 1.54) is 11.8 Å². The molecule has 2 aliphatic heterocycles. The summed E-state index contributed by atoms with van der Waals surface area (Å²) in [5, 5.41) is 10.0. The zero-order chi connectivity index (χ0) is 27.4. The molecule has 198 valence electrons. The Labute approximate surface area is 259 Å². The first-order chi connectivity index (χ1) is 18.9. The normalized spacial score (nSPS) is 17.6. The van der Waals surface area contributed by atoms with Crippen molar-refractivity contribution in [1.82, 2.24) is 4.90 Å². The third kappa shape index (κ3) is 6.59. The molecule has 0 N–H and O–H groups in total. The van der Waals surface area contributed by atoms with Crippen LogP contribution >= 0.6 is 56.9 Å². The van der Waals surface area contributed by atoms with Crippen LogP contribution in [0.5, 0.6) is 5.75 Å². The van der Waals surface area contributed by atoms with Crippen molar-refractivity contribution in [3.8, 4) is 11.8 Å². The van der Waals surface area contributed by atoms with Crippen molar-refractivity contribution in [3.63, 3.8) is 0 Å². The SMILES string of the molecule is CN1C(=O)/C(=C/c2cc(I)cc(I)c2OCc2ccccc2C#N)SC1=Nc1ccc(N2CCOCC2)cc1. The van der Waals surface area contributed by atoms with Crippen LogP contribution < -0.4 is 9.64 Å². The third-order valence-corrected chi connectivity index (χ3v) is 8.77. The molecule has 2 heterocycles. The Bertz CT molecular complexity index is 1500. The zero-order valence-electron chi connectivity index (χ0n) is 21.1. The van der Waals surface area contributed by atoms with Gasteiger partial charge in [-0.1, -0.05) is 18.2 Å². The van der Waals surface area contributed by atoms with Gasteiger partial charge in [0, 0.05) is 40.5 Å². The van der Waals surface area contributed by atoms with Crippen molar-refractivity contribution in [2.75, 3.05) is 38.3 Å². The van der Waals surface area contributed by atoms with E-state index in [9.17, 15) is 10.1 Å². The molecule has 0 radical (unpaired) electrons. The molecule has 3 aromatic carbocycles. The van der Waals surface area contributed by atoms with Crippen molar-refractivity contribution in [2.45, 2.75) is 6.61 Å². The number of amides is 1. The number of amidine groups is 1. The molecule has 0 aromatic heterocycles. The first-order valence-electron chi connectivity index (χ1n) is 12.2. The molecule has 2 saturated heterocycles. The van der Waals surface area contributed by atoms with Crippen LogP contribution in [-0.2, 0) is 16.1 Å². The second kappa shape index (κ2) is 12.7. The van der Waals surface area contributed by atoms with E-state index >= 15 is 0 Å². The minimum Gasteiger partial charge on any atom is -0.487 e. The number of anilines is 1. The van der Waals surface area contributed by atoms with E-state index in [2.05, 4.69) is 68.3 Å². The van der Waals surface area contributed by atoms with E-state index < -0.39 is 0 Å². The summed E-state index contributed by atoms with van der Waals surface area (Å²) in [5.74, 6) is 0.565. The van der Waals surface area contributed by atoms with Crippen LogP contribution in [0.25, 0.3) is 6.08 Å². The number of nitriles is 1. The van der Waals surface area contributed by atoms with Crippen LogP contribution in [0.4, 0.5) is 11.4 Å².